The molecule has 32 heavy (non-hydrogen) atoms. The van der Waals surface area contributed by atoms with Crippen LogP contribution < -0.4 is 10.0 Å². The first-order chi connectivity index (χ1) is 15.3. The minimum atomic E-state index is -2.97. The zero-order valence-electron chi connectivity index (χ0n) is 17.5. The number of hydrogen-bond acceptors (Lipinski definition) is 4. The van der Waals surface area contributed by atoms with Crippen molar-refractivity contribution in [1.82, 2.24) is 9.97 Å². The van der Waals surface area contributed by atoms with Crippen LogP contribution in [0.25, 0.3) is 11.0 Å². The molecule has 2 heterocycles. The second kappa shape index (κ2) is 10.2. The predicted molar refractivity (Wildman–Crippen MR) is 127 cm³/mol. The number of rotatable bonds is 7. The van der Waals surface area contributed by atoms with Crippen molar-refractivity contribution in [3.8, 4) is 11.8 Å². The van der Waals surface area contributed by atoms with Gasteiger partial charge in [-0.25, -0.2) is 13.8 Å². The summed E-state index contributed by atoms with van der Waals surface area (Å²) in [5, 5.41) is 3.09. The molecule has 3 N–H and O–H groups in total. The van der Waals surface area contributed by atoms with Gasteiger partial charge in [-0.05, 0) is 42.8 Å². The van der Waals surface area contributed by atoms with E-state index in [2.05, 4.69) is 40.3 Å². The maximum atomic E-state index is 15.0. The van der Waals surface area contributed by atoms with Crippen molar-refractivity contribution >= 4 is 46.5 Å². The van der Waals surface area contributed by atoms with Gasteiger partial charge in [0.25, 0.3) is 5.91 Å². The van der Waals surface area contributed by atoms with Crippen LogP contribution in [0.15, 0.2) is 30.6 Å². The van der Waals surface area contributed by atoms with Gasteiger partial charge in [0.1, 0.15) is 23.6 Å². The molecule has 0 fully saturated rings. The Morgan fingerprint density at radius 2 is 2.16 bits per heavy atom. The molecule has 1 aromatic carbocycles. The van der Waals surface area contributed by atoms with E-state index in [1.54, 1.807) is 12.3 Å². The molecule has 0 bridgehead atoms. The van der Waals surface area contributed by atoms with Crippen LogP contribution in [-0.4, -0.2) is 39.6 Å². The van der Waals surface area contributed by atoms with Crippen molar-refractivity contribution < 1.29 is 22.5 Å². The normalized spacial score (nSPS) is 11.7. The molecule has 170 valence electrons. The van der Waals surface area contributed by atoms with Crippen molar-refractivity contribution in [1.29, 1.82) is 0 Å². The standard InChI is InChI=1S/C21H23F2N4O3PS/c1-3-9-32(29,31)27-17-7-6-16(22)18(19(17)23)21(28)26-14-10-15-13(5-4-8-30-2)11-24-20(15)25-12-14/h6-7,10-12,32H,3,8-9,31H2,1-2H3,(H,24,25)(H,26,28)(H,27,29). The van der Waals surface area contributed by atoms with E-state index in [4.69, 9.17) is 4.74 Å². The monoisotopic (exact) mass is 480 g/mol. The first-order valence-corrected chi connectivity index (χ1v) is 13.2. The number of aromatic amines is 1. The van der Waals surface area contributed by atoms with Gasteiger partial charge in [0.05, 0.1) is 23.1 Å². The molecule has 0 aliphatic heterocycles. The van der Waals surface area contributed by atoms with Crippen LogP contribution in [0.1, 0.15) is 29.3 Å². The molecular formula is C21H23F2N4O3PS. The number of carbonyl (C=O) groups is 1. The Morgan fingerprint density at radius 3 is 2.88 bits per heavy atom. The highest BCUT2D eigenvalue weighted by Gasteiger charge is 2.22. The summed E-state index contributed by atoms with van der Waals surface area (Å²) in [4.78, 5) is 19.9. The van der Waals surface area contributed by atoms with E-state index in [1.807, 2.05) is 6.92 Å². The first kappa shape index (κ1) is 23.8. The number of ether oxygens (including phenoxy) is 1. The molecule has 2 aromatic heterocycles. The number of aromatic nitrogens is 2. The molecule has 7 nitrogen and oxygen atoms in total. The molecule has 1 amide bonds. The number of fused-ring (bicyclic) bond motifs is 1. The Balaban J connectivity index is 1.89. The number of H-pyrrole nitrogens is 1. The molecule has 0 aliphatic carbocycles. The van der Waals surface area contributed by atoms with Gasteiger partial charge in [0.2, 0.25) is 0 Å². The Kier molecular flexibility index (Phi) is 7.56. The molecule has 0 saturated heterocycles. The molecule has 0 radical (unpaired) electrons. The fraction of sp³-hybridized carbons (Fsp3) is 0.238. The van der Waals surface area contributed by atoms with Crippen molar-refractivity contribution in [3.05, 3.63) is 53.4 Å². The third kappa shape index (κ3) is 5.49. The van der Waals surface area contributed by atoms with E-state index < -0.39 is 32.8 Å². The van der Waals surface area contributed by atoms with Crippen LogP contribution in [0.5, 0.6) is 0 Å². The Morgan fingerprint density at radius 1 is 1.38 bits per heavy atom. The molecule has 11 heteroatoms. The van der Waals surface area contributed by atoms with Crippen LogP contribution in [-0.2, 0) is 14.5 Å². The molecule has 3 rings (SSSR count). The predicted octanol–water partition coefficient (Wildman–Crippen LogP) is 3.64. The zero-order chi connectivity index (χ0) is 23.3. The van der Waals surface area contributed by atoms with E-state index in [0.29, 0.717) is 28.8 Å². The number of hydrogen-bond donors (Lipinski definition) is 4. The summed E-state index contributed by atoms with van der Waals surface area (Å²) in [7, 11) is 0.733. The van der Waals surface area contributed by atoms with Crippen LogP contribution in [0.3, 0.4) is 0 Å². The molecule has 3 aromatic rings. The van der Waals surface area contributed by atoms with Gasteiger partial charge in [-0.2, -0.15) is 0 Å². The van der Waals surface area contributed by atoms with E-state index >= 15 is 0 Å². The number of anilines is 2. The summed E-state index contributed by atoms with van der Waals surface area (Å²) in [5.74, 6) is 2.89. The summed E-state index contributed by atoms with van der Waals surface area (Å²) in [6.45, 7) is 2.09. The van der Waals surface area contributed by atoms with Gasteiger partial charge in [-0.3, -0.25) is 9.00 Å². The SMILES string of the molecule is CCC[SH](=O)(P)Nc1ccc(F)c(C(=O)Nc2cnc3[nH]cc(C#CCOC)c3c2)c1F. The fourth-order valence-electron chi connectivity index (χ4n) is 3.01. The lowest BCUT2D eigenvalue weighted by Gasteiger charge is -2.22. The third-order valence-electron chi connectivity index (χ3n) is 4.41. The number of methoxy groups -OCH3 is 1. The Hall–Kier alpha value is -2.86. The van der Waals surface area contributed by atoms with Crippen molar-refractivity contribution in [2.75, 3.05) is 29.5 Å². The molecule has 1 atom stereocenters. The molecule has 0 spiro atoms. The van der Waals surface area contributed by atoms with Crippen molar-refractivity contribution in [2.45, 2.75) is 13.3 Å². The molecule has 1 unspecified atom stereocenters. The Bertz CT molecular complexity index is 1270. The van der Waals surface area contributed by atoms with Gasteiger partial charge in [0, 0.05) is 24.4 Å². The topological polar surface area (TPSA) is 96.1 Å². The number of nitrogens with one attached hydrogen (secondary N) is 3. The smallest absolute Gasteiger partial charge is 0.261 e. The van der Waals surface area contributed by atoms with Crippen LogP contribution in [0.2, 0.25) is 0 Å². The average molecular weight is 480 g/mol. The van der Waals surface area contributed by atoms with Gasteiger partial charge in [0.15, 0.2) is 5.82 Å². The minimum absolute atomic E-state index is 0.210. The van der Waals surface area contributed by atoms with Crippen LogP contribution in [0.4, 0.5) is 20.2 Å². The van der Waals surface area contributed by atoms with E-state index in [-0.39, 0.29) is 18.0 Å². The van der Waals surface area contributed by atoms with E-state index in [0.717, 1.165) is 12.1 Å². The molecule has 0 aliphatic rings. The maximum Gasteiger partial charge on any atom is 0.261 e. The number of benzene rings is 1. The largest absolute Gasteiger partial charge is 0.372 e. The van der Waals surface area contributed by atoms with Crippen molar-refractivity contribution in [3.63, 3.8) is 0 Å². The number of nitrogens with zero attached hydrogens (tertiary/aromatic N) is 1. The van der Waals surface area contributed by atoms with Gasteiger partial charge < -0.3 is 19.8 Å². The van der Waals surface area contributed by atoms with E-state index in [1.165, 1.54) is 13.3 Å². The Labute approximate surface area is 187 Å². The number of carbonyl (C=O) groups excluding carboxylic acids is 1. The van der Waals surface area contributed by atoms with Gasteiger partial charge >= 0.3 is 0 Å². The zero-order valence-corrected chi connectivity index (χ0v) is 19.5. The lowest BCUT2D eigenvalue weighted by Crippen LogP contribution is -2.21. The summed E-state index contributed by atoms with van der Waals surface area (Å²) in [6.07, 6.45) is 3.63. The lowest BCUT2D eigenvalue weighted by atomic mass is 10.1. The summed E-state index contributed by atoms with van der Waals surface area (Å²) in [5.41, 5.74) is 0.414. The highest BCUT2D eigenvalue weighted by Crippen LogP contribution is 2.27. The maximum absolute atomic E-state index is 15.0. The third-order valence-corrected chi connectivity index (χ3v) is 7.31. The van der Waals surface area contributed by atoms with Crippen LogP contribution >= 0.6 is 8.44 Å². The second-order valence-corrected chi connectivity index (χ2v) is 11.7. The van der Waals surface area contributed by atoms with E-state index in [9.17, 15) is 17.8 Å². The highest BCUT2D eigenvalue weighted by molar-refractivity contribution is 8.46. The minimum Gasteiger partial charge on any atom is -0.372 e. The highest BCUT2D eigenvalue weighted by atomic mass is 32.8. The van der Waals surface area contributed by atoms with Gasteiger partial charge in [-0.15, -0.1) is 0 Å². The number of pyridine rings is 1. The number of halogens is 2. The van der Waals surface area contributed by atoms with Crippen molar-refractivity contribution in [2.24, 2.45) is 0 Å². The lowest BCUT2D eigenvalue weighted by molar-refractivity contribution is 0.101. The quantitative estimate of drug-likeness (QED) is 0.236. The molecular weight excluding hydrogens is 457 g/mol. The summed E-state index contributed by atoms with van der Waals surface area (Å²) in [6, 6.07) is 3.67. The van der Waals surface area contributed by atoms with Gasteiger partial charge in [-0.1, -0.05) is 18.8 Å². The average Bonchev–Trinajstić information content (AvgIpc) is 3.13. The first-order valence-electron chi connectivity index (χ1n) is 9.66. The molecule has 0 saturated carbocycles. The number of thiol groups is 1. The fourth-order valence-corrected chi connectivity index (χ4v) is 5.56. The number of amides is 1. The second-order valence-electron chi connectivity index (χ2n) is 6.93. The summed E-state index contributed by atoms with van der Waals surface area (Å²) < 4.78 is 49.3. The van der Waals surface area contributed by atoms with Crippen LogP contribution in [0, 0.1) is 23.5 Å². The summed E-state index contributed by atoms with van der Waals surface area (Å²) >= 11 is 0.